The van der Waals surface area contributed by atoms with Gasteiger partial charge in [-0.15, -0.1) is 0 Å². The minimum atomic E-state index is -0.481. The van der Waals surface area contributed by atoms with Crippen LogP contribution in [0.3, 0.4) is 0 Å². The van der Waals surface area contributed by atoms with Gasteiger partial charge in [-0.25, -0.2) is 0 Å². The van der Waals surface area contributed by atoms with Crippen molar-refractivity contribution in [2.75, 3.05) is 14.2 Å². The van der Waals surface area contributed by atoms with Crippen LogP contribution in [0, 0.1) is 0 Å². The molecule has 0 unspecified atom stereocenters. The van der Waals surface area contributed by atoms with Crippen molar-refractivity contribution in [1.82, 2.24) is 5.32 Å². The molecule has 130 valence electrons. The summed E-state index contributed by atoms with van der Waals surface area (Å²) in [4.78, 5) is 23.0. The second kappa shape index (κ2) is 8.54. The van der Waals surface area contributed by atoms with Gasteiger partial charge >= 0.3 is 0 Å². The molecule has 0 spiro atoms. The normalized spacial score (nSPS) is 10.5. The number of carbonyl (C=O) groups excluding carboxylic acids is 2. The minimum Gasteiger partial charge on any atom is -0.497 e. The Morgan fingerprint density at radius 1 is 1.08 bits per heavy atom. The van der Waals surface area contributed by atoms with Crippen LogP contribution < -0.4 is 20.5 Å². The largest absolute Gasteiger partial charge is 0.497 e. The lowest BCUT2D eigenvalue weighted by Gasteiger charge is -2.07. The van der Waals surface area contributed by atoms with Gasteiger partial charge in [0.25, 0.3) is 0 Å². The van der Waals surface area contributed by atoms with Crippen molar-refractivity contribution in [3.05, 3.63) is 65.2 Å². The van der Waals surface area contributed by atoms with Gasteiger partial charge in [0.1, 0.15) is 11.5 Å². The maximum Gasteiger partial charge on any atom is 0.248 e. The highest BCUT2D eigenvalue weighted by Crippen LogP contribution is 2.24. The Kier molecular flexibility index (Phi) is 6.17. The first-order valence-electron chi connectivity index (χ1n) is 7.60. The molecule has 0 radical (unpaired) electrons. The Hall–Kier alpha value is -3.28. The van der Waals surface area contributed by atoms with Crippen molar-refractivity contribution < 1.29 is 19.1 Å². The number of methoxy groups -OCH3 is 2. The van der Waals surface area contributed by atoms with E-state index in [1.807, 2.05) is 0 Å². The van der Waals surface area contributed by atoms with E-state index in [4.69, 9.17) is 15.2 Å². The van der Waals surface area contributed by atoms with Gasteiger partial charge in [0, 0.05) is 23.7 Å². The predicted octanol–water partition coefficient (Wildman–Crippen LogP) is 2.13. The van der Waals surface area contributed by atoms with Crippen LogP contribution in [0.25, 0.3) is 6.08 Å². The van der Waals surface area contributed by atoms with Gasteiger partial charge in [0.05, 0.1) is 14.2 Å². The molecule has 0 aromatic heterocycles. The first kappa shape index (κ1) is 18.1. The Morgan fingerprint density at radius 3 is 2.40 bits per heavy atom. The Balaban J connectivity index is 1.97. The quantitative estimate of drug-likeness (QED) is 0.756. The SMILES string of the molecule is COc1ccc(OC)c(/C=C/C(=O)NCc2ccc(C(N)=O)cc2)c1. The maximum atomic E-state index is 12.0. The minimum absolute atomic E-state index is 0.246. The number of benzene rings is 2. The fourth-order valence-electron chi connectivity index (χ4n) is 2.17. The molecule has 0 heterocycles. The van der Waals surface area contributed by atoms with Gasteiger partial charge in [0.2, 0.25) is 11.8 Å². The van der Waals surface area contributed by atoms with Gasteiger partial charge in [-0.2, -0.15) is 0 Å². The van der Waals surface area contributed by atoms with E-state index in [-0.39, 0.29) is 5.91 Å². The Bertz CT molecular complexity index is 783. The van der Waals surface area contributed by atoms with Crippen molar-refractivity contribution in [3.8, 4) is 11.5 Å². The molecule has 2 aromatic carbocycles. The van der Waals surface area contributed by atoms with E-state index >= 15 is 0 Å². The van der Waals surface area contributed by atoms with E-state index < -0.39 is 5.91 Å². The standard InChI is InChI=1S/C19H20N2O4/c1-24-16-8-9-17(25-2)15(11-16)7-10-18(22)21-12-13-3-5-14(6-4-13)19(20)23/h3-11H,12H2,1-2H3,(H2,20,23)(H,21,22)/b10-7+. The lowest BCUT2D eigenvalue weighted by Crippen LogP contribution is -2.20. The highest BCUT2D eigenvalue weighted by Gasteiger charge is 2.04. The molecule has 0 saturated carbocycles. The number of nitrogens with two attached hydrogens (primary N) is 1. The topological polar surface area (TPSA) is 90.7 Å². The van der Waals surface area contributed by atoms with E-state index in [9.17, 15) is 9.59 Å². The molecule has 6 nitrogen and oxygen atoms in total. The highest BCUT2D eigenvalue weighted by molar-refractivity contribution is 5.93. The third-order valence-corrected chi connectivity index (χ3v) is 3.56. The number of hydrogen-bond donors (Lipinski definition) is 2. The van der Waals surface area contributed by atoms with Gasteiger partial charge in [-0.05, 0) is 42.0 Å². The average Bonchev–Trinajstić information content (AvgIpc) is 2.64. The summed E-state index contributed by atoms with van der Waals surface area (Å²) in [6.07, 6.45) is 3.09. The average molecular weight is 340 g/mol. The predicted molar refractivity (Wildman–Crippen MR) is 95.4 cm³/mol. The molecule has 0 aliphatic heterocycles. The summed E-state index contributed by atoms with van der Waals surface area (Å²) in [6.45, 7) is 0.345. The number of ether oxygens (including phenoxy) is 2. The second-order valence-electron chi connectivity index (χ2n) is 5.22. The van der Waals surface area contributed by atoms with Crippen LogP contribution in [0.5, 0.6) is 11.5 Å². The van der Waals surface area contributed by atoms with E-state index in [2.05, 4.69) is 5.32 Å². The van der Waals surface area contributed by atoms with Crippen LogP contribution in [-0.2, 0) is 11.3 Å². The molecule has 6 heteroatoms. The molecule has 0 saturated heterocycles. The lowest BCUT2D eigenvalue weighted by molar-refractivity contribution is -0.116. The summed E-state index contributed by atoms with van der Waals surface area (Å²) in [7, 11) is 3.14. The number of hydrogen-bond acceptors (Lipinski definition) is 4. The summed E-state index contributed by atoms with van der Waals surface area (Å²) in [5.74, 6) is 0.594. The number of nitrogens with one attached hydrogen (secondary N) is 1. The molecule has 0 aliphatic carbocycles. The van der Waals surface area contributed by atoms with E-state index in [0.29, 0.717) is 23.6 Å². The first-order chi connectivity index (χ1) is 12.0. The zero-order valence-corrected chi connectivity index (χ0v) is 14.1. The summed E-state index contributed by atoms with van der Waals surface area (Å²) >= 11 is 0. The molecular weight excluding hydrogens is 320 g/mol. The number of carbonyl (C=O) groups is 2. The number of amides is 2. The van der Waals surface area contributed by atoms with E-state index in [0.717, 1.165) is 11.1 Å². The van der Waals surface area contributed by atoms with Crippen LogP contribution >= 0.6 is 0 Å². The molecule has 3 N–H and O–H groups in total. The van der Waals surface area contributed by atoms with Crippen LogP contribution in [0.15, 0.2) is 48.5 Å². The van der Waals surface area contributed by atoms with E-state index in [1.165, 1.54) is 6.08 Å². The zero-order chi connectivity index (χ0) is 18.2. The van der Waals surface area contributed by atoms with Crippen LogP contribution in [0.4, 0.5) is 0 Å². The molecular formula is C19H20N2O4. The Morgan fingerprint density at radius 2 is 1.80 bits per heavy atom. The molecule has 0 bridgehead atoms. The van der Waals surface area contributed by atoms with Crippen molar-refractivity contribution >= 4 is 17.9 Å². The molecule has 0 fully saturated rings. The molecule has 0 aliphatic rings. The fourth-order valence-corrected chi connectivity index (χ4v) is 2.17. The third kappa shape index (κ3) is 5.10. The van der Waals surface area contributed by atoms with Gasteiger partial charge < -0.3 is 20.5 Å². The number of rotatable bonds is 7. The molecule has 25 heavy (non-hydrogen) atoms. The number of primary amides is 1. The van der Waals surface area contributed by atoms with Crippen molar-refractivity contribution in [3.63, 3.8) is 0 Å². The monoisotopic (exact) mass is 340 g/mol. The second-order valence-corrected chi connectivity index (χ2v) is 5.22. The third-order valence-electron chi connectivity index (χ3n) is 3.56. The first-order valence-corrected chi connectivity index (χ1v) is 7.60. The lowest BCUT2D eigenvalue weighted by atomic mass is 10.1. The van der Waals surface area contributed by atoms with E-state index in [1.54, 1.807) is 62.8 Å². The summed E-state index contributed by atoms with van der Waals surface area (Å²) in [6, 6.07) is 12.1. The van der Waals surface area contributed by atoms with Crippen LogP contribution in [0.1, 0.15) is 21.5 Å². The van der Waals surface area contributed by atoms with Crippen molar-refractivity contribution in [2.24, 2.45) is 5.73 Å². The van der Waals surface area contributed by atoms with Crippen LogP contribution in [-0.4, -0.2) is 26.0 Å². The van der Waals surface area contributed by atoms with Gasteiger partial charge in [0.15, 0.2) is 0 Å². The van der Waals surface area contributed by atoms with Crippen LogP contribution in [0.2, 0.25) is 0 Å². The van der Waals surface area contributed by atoms with Crippen molar-refractivity contribution in [1.29, 1.82) is 0 Å². The summed E-state index contributed by atoms with van der Waals surface area (Å²) in [5, 5.41) is 2.77. The van der Waals surface area contributed by atoms with Crippen molar-refractivity contribution in [2.45, 2.75) is 6.54 Å². The Labute approximate surface area is 146 Å². The molecule has 2 rings (SSSR count). The van der Waals surface area contributed by atoms with Gasteiger partial charge in [-0.3, -0.25) is 9.59 Å². The summed E-state index contributed by atoms with van der Waals surface area (Å²) < 4.78 is 10.4. The maximum absolute atomic E-state index is 12.0. The molecule has 2 aromatic rings. The summed E-state index contributed by atoms with van der Waals surface area (Å²) in [5.41, 5.74) is 7.22. The zero-order valence-electron chi connectivity index (χ0n) is 14.1. The van der Waals surface area contributed by atoms with Gasteiger partial charge in [-0.1, -0.05) is 12.1 Å². The molecule has 0 atom stereocenters. The molecule has 2 amide bonds. The highest BCUT2D eigenvalue weighted by atomic mass is 16.5. The fraction of sp³-hybridized carbons (Fsp3) is 0.158. The smallest absolute Gasteiger partial charge is 0.248 e.